The molecule has 84 valence electrons. The van der Waals surface area contributed by atoms with E-state index in [1.165, 1.54) is 7.11 Å². The van der Waals surface area contributed by atoms with Crippen molar-refractivity contribution in [1.29, 1.82) is 0 Å². The molecule has 1 aromatic carbocycles. The lowest BCUT2D eigenvalue weighted by Gasteiger charge is -2.10. The van der Waals surface area contributed by atoms with Crippen LogP contribution in [0.4, 0.5) is 0 Å². The Morgan fingerprint density at radius 2 is 1.87 bits per heavy atom. The summed E-state index contributed by atoms with van der Waals surface area (Å²) < 4.78 is 16.7. The molecule has 0 amide bonds. The number of hydrogen-bond acceptors (Lipinski definition) is 3. The summed E-state index contributed by atoms with van der Waals surface area (Å²) in [6.45, 7) is 0. The van der Waals surface area contributed by atoms with Gasteiger partial charge in [0.05, 0.1) is 15.1 Å². The third-order valence-electron chi connectivity index (χ3n) is 1.74. The first kappa shape index (κ1) is 13.2. The van der Waals surface area contributed by atoms with E-state index in [4.69, 9.17) is 0 Å². The van der Waals surface area contributed by atoms with Crippen LogP contribution in [-0.2, 0) is 15.3 Å². The van der Waals surface area contributed by atoms with Crippen molar-refractivity contribution in [1.82, 2.24) is 0 Å². The van der Waals surface area contributed by atoms with Gasteiger partial charge >= 0.3 is 7.60 Å². The van der Waals surface area contributed by atoms with Crippen molar-refractivity contribution in [3.8, 4) is 5.75 Å². The van der Waals surface area contributed by atoms with Crippen LogP contribution in [0, 0.1) is 0 Å². The molecule has 0 aromatic heterocycles. The van der Waals surface area contributed by atoms with Crippen LogP contribution in [0.5, 0.6) is 5.75 Å². The molecular formula is C8H9Br2O4P. The quantitative estimate of drug-likeness (QED) is 0.813. The molecule has 0 saturated carbocycles. The predicted molar refractivity (Wildman–Crippen MR) is 64.0 cm³/mol. The molecule has 0 fully saturated rings. The van der Waals surface area contributed by atoms with E-state index in [2.05, 4.69) is 36.4 Å². The average Bonchev–Trinajstić information content (AvgIpc) is 2.13. The summed E-state index contributed by atoms with van der Waals surface area (Å²) in [5.74, 6) is 0.0592. The zero-order valence-electron chi connectivity index (χ0n) is 7.78. The van der Waals surface area contributed by atoms with Gasteiger partial charge in [-0.3, -0.25) is 4.57 Å². The number of benzene rings is 1. The average molecular weight is 360 g/mol. The lowest BCUT2D eigenvalue weighted by Crippen LogP contribution is -1.90. The van der Waals surface area contributed by atoms with Crippen molar-refractivity contribution in [2.75, 3.05) is 7.11 Å². The van der Waals surface area contributed by atoms with Gasteiger partial charge < -0.3 is 14.5 Å². The van der Waals surface area contributed by atoms with Crippen LogP contribution in [0.2, 0.25) is 0 Å². The Hall–Kier alpha value is 0.130. The third-order valence-corrected chi connectivity index (χ3v) is 4.29. The van der Waals surface area contributed by atoms with E-state index in [0.717, 1.165) is 0 Å². The van der Waals surface area contributed by atoms with Crippen LogP contribution in [0.3, 0.4) is 0 Å². The smallest absolute Gasteiger partial charge is 0.332 e. The Morgan fingerprint density at radius 3 is 2.27 bits per heavy atom. The standard InChI is InChI=1S/C8H9Br2O4P/c1-14-15(12,13)4-5-2-6(9)8(11)7(10)3-5/h2-3,11H,4H2,1H3,(H,12,13). The maximum Gasteiger partial charge on any atom is 0.332 e. The van der Waals surface area contributed by atoms with E-state index < -0.39 is 7.60 Å². The van der Waals surface area contributed by atoms with E-state index in [0.29, 0.717) is 14.5 Å². The van der Waals surface area contributed by atoms with Gasteiger partial charge in [0.25, 0.3) is 0 Å². The fourth-order valence-electron chi connectivity index (χ4n) is 1.00. The highest BCUT2D eigenvalue weighted by Crippen LogP contribution is 2.46. The fourth-order valence-corrected chi connectivity index (χ4v) is 3.06. The molecule has 1 unspecified atom stereocenters. The molecule has 0 bridgehead atoms. The van der Waals surface area contributed by atoms with Gasteiger partial charge in [0, 0.05) is 7.11 Å². The second-order valence-corrected chi connectivity index (χ2v) is 6.55. The van der Waals surface area contributed by atoms with Gasteiger partial charge in [-0.2, -0.15) is 0 Å². The molecule has 4 nitrogen and oxygen atoms in total. The lowest BCUT2D eigenvalue weighted by molar-refractivity contribution is 0.314. The summed E-state index contributed by atoms with van der Waals surface area (Å²) >= 11 is 6.27. The summed E-state index contributed by atoms with van der Waals surface area (Å²) in [5, 5.41) is 9.43. The van der Waals surface area contributed by atoms with Crippen molar-refractivity contribution in [3.05, 3.63) is 26.6 Å². The Morgan fingerprint density at radius 1 is 1.40 bits per heavy atom. The molecule has 7 heteroatoms. The van der Waals surface area contributed by atoms with Crippen molar-refractivity contribution in [2.45, 2.75) is 6.16 Å². The summed E-state index contributed by atoms with van der Waals surface area (Å²) in [7, 11) is -2.39. The van der Waals surface area contributed by atoms with E-state index in [-0.39, 0.29) is 11.9 Å². The zero-order chi connectivity index (χ0) is 11.6. The molecule has 0 aliphatic rings. The number of phenols is 1. The Kier molecular flexibility index (Phi) is 4.38. The van der Waals surface area contributed by atoms with Gasteiger partial charge in [-0.25, -0.2) is 0 Å². The highest BCUT2D eigenvalue weighted by Gasteiger charge is 2.19. The van der Waals surface area contributed by atoms with Gasteiger partial charge in [-0.05, 0) is 49.6 Å². The van der Waals surface area contributed by atoms with Gasteiger partial charge in [0.2, 0.25) is 0 Å². The predicted octanol–water partition coefficient (Wildman–Crippen LogP) is 3.25. The number of phenolic OH excluding ortho intramolecular Hbond substituents is 1. The molecule has 1 aromatic rings. The first-order valence-electron chi connectivity index (χ1n) is 3.90. The van der Waals surface area contributed by atoms with E-state index in [9.17, 15) is 14.6 Å². The fraction of sp³-hybridized carbons (Fsp3) is 0.250. The molecule has 1 atom stereocenters. The summed E-state index contributed by atoms with van der Waals surface area (Å²) in [5.41, 5.74) is 0.597. The molecule has 0 aliphatic heterocycles. The van der Waals surface area contributed by atoms with Crippen molar-refractivity contribution < 1.29 is 19.1 Å². The summed E-state index contributed by atoms with van der Waals surface area (Å²) in [6, 6.07) is 3.14. The van der Waals surface area contributed by atoms with Crippen LogP contribution in [0.25, 0.3) is 0 Å². The largest absolute Gasteiger partial charge is 0.506 e. The Bertz CT molecular complexity index is 398. The second kappa shape index (κ2) is 4.97. The third kappa shape index (κ3) is 3.57. The van der Waals surface area contributed by atoms with Gasteiger partial charge in [-0.1, -0.05) is 0 Å². The molecule has 2 N–H and O–H groups in total. The SMILES string of the molecule is COP(=O)(O)Cc1cc(Br)c(O)c(Br)c1. The monoisotopic (exact) mass is 358 g/mol. The minimum atomic E-state index is -3.57. The normalized spacial score (nSPS) is 14.9. The van der Waals surface area contributed by atoms with Gasteiger partial charge in [-0.15, -0.1) is 0 Å². The molecule has 15 heavy (non-hydrogen) atoms. The van der Waals surface area contributed by atoms with Gasteiger partial charge in [0.1, 0.15) is 5.75 Å². The molecule has 0 heterocycles. The first-order valence-corrected chi connectivity index (χ1v) is 7.25. The van der Waals surface area contributed by atoms with E-state index in [1.54, 1.807) is 12.1 Å². The highest BCUT2D eigenvalue weighted by molar-refractivity contribution is 9.11. The summed E-state index contributed by atoms with van der Waals surface area (Å²) in [4.78, 5) is 9.27. The van der Waals surface area contributed by atoms with Crippen molar-refractivity contribution in [2.24, 2.45) is 0 Å². The van der Waals surface area contributed by atoms with Crippen LogP contribution >= 0.6 is 39.5 Å². The first-order chi connectivity index (χ1) is 6.85. The molecular weight excluding hydrogens is 351 g/mol. The topological polar surface area (TPSA) is 66.8 Å². The molecule has 0 saturated heterocycles. The minimum absolute atomic E-state index is 0.0592. The Balaban J connectivity index is 3.03. The highest BCUT2D eigenvalue weighted by atomic mass is 79.9. The van der Waals surface area contributed by atoms with Crippen LogP contribution in [-0.4, -0.2) is 17.1 Å². The number of rotatable bonds is 3. The Labute approximate surface area is 104 Å². The van der Waals surface area contributed by atoms with Crippen LogP contribution < -0.4 is 0 Å². The van der Waals surface area contributed by atoms with Crippen LogP contribution in [0.15, 0.2) is 21.1 Å². The van der Waals surface area contributed by atoms with Gasteiger partial charge in [0.15, 0.2) is 0 Å². The number of hydrogen-bond donors (Lipinski definition) is 2. The summed E-state index contributed by atoms with van der Waals surface area (Å²) in [6.07, 6.45) is -0.0963. The molecule has 0 spiro atoms. The number of halogens is 2. The molecule has 0 radical (unpaired) electrons. The molecule has 0 aliphatic carbocycles. The molecule has 1 rings (SSSR count). The maximum atomic E-state index is 11.3. The lowest BCUT2D eigenvalue weighted by atomic mass is 10.2. The zero-order valence-corrected chi connectivity index (χ0v) is 11.8. The van der Waals surface area contributed by atoms with E-state index >= 15 is 0 Å². The van der Waals surface area contributed by atoms with Crippen LogP contribution in [0.1, 0.15) is 5.56 Å². The number of aromatic hydroxyl groups is 1. The van der Waals surface area contributed by atoms with Crippen molar-refractivity contribution >= 4 is 39.5 Å². The maximum absolute atomic E-state index is 11.3. The van der Waals surface area contributed by atoms with E-state index in [1.807, 2.05) is 0 Å². The van der Waals surface area contributed by atoms with Crippen molar-refractivity contribution in [3.63, 3.8) is 0 Å². The second-order valence-electron chi connectivity index (χ2n) is 2.89. The minimum Gasteiger partial charge on any atom is -0.506 e.